The Kier molecular flexibility index (Phi) is 4.08. The van der Waals surface area contributed by atoms with Crippen LogP contribution in [-0.4, -0.2) is 25.3 Å². The molecule has 1 aromatic rings. The zero-order valence-corrected chi connectivity index (χ0v) is 12.5. The molecule has 0 aromatic heterocycles. The van der Waals surface area contributed by atoms with Crippen LogP contribution < -0.4 is 5.73 Å². The van der Waals surface area contributed by atoms with E-state index < -0.39 is 15.6 Å². The Bertz CT molecular complexity index is 536. The molecule has 0 atom stereocenters. The predicted molar refractivity (Wildman–Crippen MR) is 74.9 cm³/mol. The molecular formula is C13H22N2O2S. The summed E-state index contributed by atoms with van der Waals surface area (Å²) in [4.78, 5) is 0.290. The zero-order chi connectivity index (χ0) is 14.1. The van der Waals surface area contributed by atoms with Crippen molar-refractivity contribution in [1.82, 2.24) is 4.31 Å². The van der Waals surface area contributed by atoms with E-state index in [0.717, 1.165) is 12.0 Å². The van der Waals surface area contributed by atoms with Gasteiger partial charge < -0.3 is 5.73 Å². The van der Waals surface area contributed by atoms with Gasteiger partial charge in [0, 0.05) is 18.3 Å². The van der Waals surface area contributed by atoms with Crippen molar-refractivity contribution >= 4 is 15.7 Å². The lowest BCUT2D eigenvalue weighted by atomic mass is 10.0. The molecule has 0 fully saturated rings. The van der Waals surface area contributed by atoms with E-state index in [0.29, 0.717) is 10.6 Å². The van der Waals surface area contributed by atoms with E-state index in [2.05, 4.69) is 0 Å². The Morgan fingerprint density at radius 2 is 1.89 bits per heavy atom. The third-order valence-electron chi connectivity index (χ3n) is 3.62. The molecule has 102 valence electrons. The molecular weight excluding hydrogens is 248 g/mol. The highest BCUT2D eigenvalue weighted by Gasteiger charge is 2.32. The van der Waals surface area contributed by atoms with E-state index in [1.165, 1.54) is 4.31 Å². The third-order valence-corrected chi connectivity index (χ3v) is 5.68. The summed E-state index contributed by atoms with van der Waals surface area (Å²) in [6, 6.07) is 4.81. The number of hydrogen-bond donors (Lipinski definition) is 1. The lowest BCUT2D eigenvalue weighted by molar-refractivity contribution is 0.257. The summed E-state index contributed by atoms with van der Waals surface area (Å²) in [6.45, 7) is 7.60. The quantitative estimate of drug-likeness (QED) is 0.854. The molecule has 1 rings (SSSR count). The van der Waals surface area contributed by atoms with Crippen LogP contribution in [0.5, 0.6) is 0 Å². The number of hydrogen-bond acceptors (Lipinski definition) is 3. The summed E-state index contributed by atoms with van der Waals surface area (Å²) in [6.07, 6.45) is 0.747. The number of nitrogens with zero attached hydrogens (tertiary/aromatic N) is 1. The number of anilines is 1. The Labute approximate surface area is 110 Å². The molecule has 0 aliphatic carbocycles. The summed E-state index contributed by atoms with van der Waals surface area (Å²) in [5, 5.41) is 0. The predicted octanol–water partition coefficient (Wildman–Crippen LogP) is 2.39. The first kappa shape index (κ1) is 15.0. The SMILES string of the molecule is CCC(C)(C)N(C)S(=O)(=O)c1ccc(N)c(C)c1. The van der Waals surface area contributed by atoms with Gasteiger partial charge in [-0.25, -0.2) is 8.42 Å². The lowest BCUT2D eigenvalue weighted by Gasteiger charge is -2.33. The average molecular weight is 270 g/mol. The van der Waals surface area contributed by atoms with E-state index >= 15 is 0 Å². The van der Waals surface area contributed by atoms with E-state index in [1.807, 2.05) is 20.8 Å². The number of nitrogen functional groups attached to an aromatic ring is 1. The first-order chi connectivity index (χ1) is 8.13. The Balaban J connectivity index is 3.26. The van der Waals surface area contributed by atoms with Crippen LogP contribution in [-0.2, 0) is 10.0 Å². The maximum absolute atomic E-state index is 12.5. The molecule has 4 nitrogen and oxygen atoms in total. The summed E-state index contributed by atoms with van der Waals surface area (Å²) >= 11 is 0. The monoisotopic (exact) mass is 270 g/mol. The van der Waals surface area contributed by atoms with Gasteiger partial charge in [-0.2, -0.15) is 4.31 Å². The van der Waals surface area contributed by atoms with Crippen molar-refractivity contribution in [3.05, 3.63) is 23.8 Å². The standard InChI is InChI=1S/C13H22N2O2S/c1-6-13(3,4)15(5)18(16,17)11-7-8-12(14)10(2)9-11/h7-9H,6,14H2,1-5H3. The fraction of sp³-hybridized carbons (Fsp3) is 0.538. The first-order valence-electron chi connectivity index (χ1n) is 5.98. The van der Waals surface area contributed by atoms with Crippen LogP contribution in [0.1, 0.15) is 32.8 Å². The maximum Gasteiger partial charge on any atom is 0.243 e. The molecule has 0 saturated heterocycles. The largest absolute Gasteiger partial charge is 0.399 e. The van der Waals surface area contributed by atoms with E-state index in [9.17, 15) is 8.42 Å². The highest BCUT2D eigenvalue weighted by molar-refractivity contribution is 7.89. The molecule has 0 spiro atoms. The number of aryl methyl sites for hydroxylation is 1. The van der Waals surface area contributed by atoms with E-state index in [1.54, 1.807) is 32.2 Å². The lowest BCUT2D eigenvalue weighted by Crippen LogP contribution is -2.44. The van der Waals surface area contributed by atoms with Crippen molar-refractivity contribution in [1.29, 1.82) is 0 Å². The highest BCUT2D eigenvalue weighted by Crippen LogP contribution is 2.26. The van der Waals surface area contributed by atoms with Gasteiger partial charge in [0.15, 0.2) is 0 Å². The molecule has 0 heterocycles. The minimum absolute atomic E-state index is 0.290. The van der Waals surface area contributed by atoms with Gasteiger partial charge in [-0.3, -0.25) is 0 Å². The Morgan fingerprint density at radius 1 is 1.33 bits per heavy atom. The first-order valence-corrected chi connectivity index (χ1v) is 7.42. The fourth-order valence-corrected chi connectivity index (χ4v) is 3.18. The van der Waals surface area contributed by atoms with Crippen molar-refractivity contribution in [2.24, 2.45) is 0 Å². The van der Waals surface area contributed by atoms with Gasteiger partial charge in [-0.1, -0.05) is 6.92 Å². The zero-order valence-electron chi connectivity index (χ0n) is 11.7. The maximum atomic E-state index is 12.5. The van der Waals surface area contributed by atoms with Gasteiger partial charge >= 0.3 is 0 Å². The minimum Gasteiger partial charge on any atom is -0.399 e. The Hall–Kier alpha value is -1.07. The Morgan fingerprint density at radius 3 is 2.33 bits per heavy atom. The van der Waals surface area contributed by atoms with Crippen molar-refractivity contribution in [2.45, 2.75) is 44.6 Å². The van der Waals surface area contributed by atoms with Gasteiger partial charge in [0.2, 0.25) is 10.0 Å². The second-order valence-electron chi connectivity index (χ2n) is 5.16. The molecule has 1 aromatic carbocycles. The molecule has 0 saturated carbocycles. The smallest absolute Gasteiger partial charge is 0.243 e. The average Bonchev–Trinajstić information content (AvgIpc) is 2.31. The molecule has 18 heavy (non-hydrogen) atoms. The normalized spacial score (nSPS) is 13.0. The number of benzene rings is 1. The van der Waals surface area contributed by atoms with Gasteiger partial charge in [-0.15, -0.1) is 0 Å². The minimum atomic E-state index is -3.47. The second kappa shape index (κ2) is 4.90. The second-order valence-corrected chi connectivity index (χ2v) is 7.13. The van der Waals surface area contributed by atoms with Crippen LogP contribution in [0.25, 0.3) is 0 Å². The number of nitrogens with two attached hydrogens (primary N) is 1. The highest BCUT2D eigenvalue weighted by atomic mass is 32.2. The fourth-order valence-electron chi connectivity index (χ4n) is 1.51. The van der Waals surface area contributed by atoms with Crippen molar-refractivity contribution in [2.75, 3.05) is 12.8 Å². The van der Waals surface area contributed by atoms with E-state index in [-0.39, 0.29) is 0 Å². The van der Waals surface area contributed by atoms with Crippen molar-refractivity contribution in [3.63, 3.8) is 0 Å². The van der Waals surface area contributed by atoms with Crippen LogP contribution in [0.2, 0.25) is 0 Å². The van der Waals surface area contributed by atoms with Gasteiger partial charge in [-0.05, 0) is 51.0 Å². The summed E-state index contributed by atoms with van der Waals surface area (Å²) < 4.78 is 26.4. The van der Waals surface area contributed by atoms with Gasteiger partial charge in [0.1, 0.15) is 0 Å². The van der Waals surface area contributed by atoms with Crippen LogP contribution in [0, 0.1) is 6.92 Å². The van der Waals surface area contributed by atoms with Crippen LogP contribution in [0.4, 0.5) is 5.69 Å². The summed E-state index contributed by atoms with van der Waals surface area (Å²) in [5.41, 5.74) is 6.68. The molecule has 0 amide bonds. The van der Waals surface area contributed by atoms with E-state index in [4.69, 9.17) is 5.73 Å². The third kappa shape index (κ3) is 2.67. The van der Waals surface area contributed by atoms with Gasteiger partial charge in [0.25, 0.3) is 0 Å². The van der Waals surface area contributed by atoms with Crippen molar-refractivity contribution < 1.29 is 8.42 Å². The van der Waals surface area contributed by atoms with Crippen LogP contribution in [0.15, 0.2) is 23.1 Å². The number of sulfonamides is 1. The summed E-state index contributed by atoms with van der Waals surface area (Å²) in [7, 11) is -1.85. The van der Waals surface area contributed by atoms with Crippen LogP contribution in [0.3, 0.4) is 0 Å². The topological polar surface area (TPSA) is 63.4 Å². The van der Waals surface area contributed by atoms with Crippen LogP contribution >= 0.6 is 0 Å². The molecule has 0 aliphatic rings. The summed E-state index contributed by atoms with van der Waals surface area (Å²) in [5.74, 6) is 0. The molecule has 0 bridgehead atoms. The molecule has 2 N–H and O–H groups in total. The number of rotatable bonds is 4. The molecule has 0 radical (unpaired) electrons. The molecule has 5 heteroatoms. The van der Waals surface area contributed by atoms with Gasteiger partial charge in [0.05, 0.1) is 4.90 Å². The molecule has 0 aliphatic heterocycles. The van der Waals surface area contributed by atoms with Crippen molar-refractivity contribution in [3.8, 4) is 0 Å². The molecule has 0 unspecified atom stereocenters.